The summed E-state index contributed by atoms with van der Waals surface area (Å²) in [5.74, 6) is 0. The molecule has 2 heterocycles. The molecular weight excluding hydrogens is 274 g/mol. The van der Waals surface area contributed by atoms with E-state index in [2.05, 4.69) is 21.7 Å². The average Bonchev–Trinajstić information content (AvgIpc) is 2.83. The van der Waals surface area contributed by atoms with E-state index in [1.807, 2.05) is 12.1 Å². The molecular formula is C15H20ClN3O. The van der Waals surface area contributed by atoms with Gasteiger partial charge >= 0.3 is 0 Å². The second-order valence-electron chi connectivity index (χ2n) is 5.24. The van der Waals surface area contributed by atoms with E-state index in [1.165, 1.54) is 0 Å². The number of anilines is 1. The van der Waals surface area contributed by atoms with Gasteiger partial charge in [-0.1, -0.05) is 11.6 Å². The number of halogens is 1. The summed E-state index contributed by atoms with van der Waals surface area (Å²) in [5, 5.41) is 1.78. The van der Waals surface area contributed by atoms with Crippen molar-refractivity contribution in [2.24, 2.45) is 0 Å². The average molecular weight is 294 g/mol. The summed E-state index contributed by atoms with van der Waals surface area (Å²) >= 11 is 6.09. The summed E-state index contributed by atoms with van der Waals surface area (Å²) in [6.07, 6.45) is 3.22. The summed E-state index contributed by atoms with van der Waals surface area (Å²) in [6.45, 7) is 5.91. The van der Waals surface area contributed by atoms with Crippen molar-refractivity contribution < 1.29 is 4.74 Å². The van der Waals surface area contributed by atoms with Crippen LogP contribution in [0.5, 0.6) is 0 Å². The molecule has 5 heteroatoms. The molecule has 1 aromatic heterocycles. The molecule has 1 saturated heterocycles. The molecule has 0 atom stereocenters. The van der Waals surface area contributed by atoms with Gasteiger partial charge in [-0.15, -0.1) is 0 Å². The highest BCUT2D eigenvalue weighted by Gasteiger charge is 2.10. The third-order valence-corrected chi connectivity index (χ3v) is 4.08. The highest BCUT2D eigenvalue weighted by Crippen LogP contribution is 2.27. The van der Waals surface area contributed by atoms with E-state index in [0.717, 1.165) is 62.4 Å². The molecule has 0 unspecified atom stereocenters. The molecule has 0 spiro atoms. The van der Waals surface area contributed by atoms with Crippen LogP contribution in [0.2, 0.25) is 5.02 Å². The summed E-state index contributed by atoms with van der Waals surface area (Å²) in [4.78, 5) is 2.45. The Kier molecular flexibility index (Phi) is 4.15. The van der Waals surface area contributed by atoms with Crippen molar-refractivity contribution in [1.29, 1.82) is 0 Å². The van der Waals surface area contributed by atoms with Gasteiger partial charge in [0.15, 0.2) is 0 Å². The van der Waals surface area contributed by atoms with Gasteiger partial charge in [-0.2, -0.15) is 0 Å². The van der Waals surface area contributed by atoms with Gasteiger partial charge in [0.05, 0.1) is 18.7 Å². The Hall–Kier alpha value is -1.23. The fourth-order valence-electron chi connectivity index (χ4n) is 2.77. The highest BCUT2D eigenvalue weighted by molar-refractivity contribution is 6.31. The zero-order chi connectivity index (χ0) is 13.9. The number of hydrogen-bond donors (Lipinski definition) is 1. The Balaban J connectivity index is 1.65. The van der Waals surface area contributed by atoms with Gasteiger partial charge in [-0.05, 0) is 24.6 Å². The number of fused-ring (bicyclic) bond motifs is 1. The van der Waals surface area contributed by atoms with Crippen molar-refractivity contribution in [2.45, 2.75) is 13.0 Å². The van der Waals surface area contributed by atoms with Gasteiger partial charge in [0.1, 0.15) is 0 Å². The zero-order valence-corrected chi connectivity index (χ0v) is 12.3. The fourth-order valence-corrected chi connectivity index (χ4v) is 2.99. The SMILES string of the molecule is Nc1cc(Cl)cc2c1ccn2CCCN1CCOCC1. The topological polar surface area (TPSA) is 43.4 Å². The predicted octanol–water partition coefficient (Wildman–Crippen LogP) is 2.60. The number of aromatic nitrogens is 1. The van der Waals surface area contributed by atoms with E-state index in [9.17, 15) is 0 Å². The largest absolute Gasteiger partial charge is 0.398 e. The van der Waals surface area contributed by atoms with Crippen LogP contribution in [0.4, 0.5) is 5.69 Å². The van der Waals surface area contributed by atoms with Crippen LogP contribution in [0.25, 0.3) is 10.9 Å². The molecule has 3 rings (SSSR count). The quantitative estimate of drug-likeness (QED) is 0.881. The van der Waals surface area contributed by atoms with Crippen molar-refractivity contribution in [2.75, 3.05) is 38.6 Å². The minimum Gasteiger partial charge on any atom is -0.398 e. The van der Waals surface area contributed by atoms with Crippen LogP contribution in [-0.4, -0.2) is 42.3 Å². The standard InChI is InChI=1S/C15H20ClN3O/c16-12-10-14(17)13-2-5-19(15(13)11-12)4-1-3-18-6-8-20-9-7-18/h2,5,10-11H,1,3-4,6-9,17H2. The molecule has 0 amide bonds. The molecule has 2 aromatic rings. The number of aryl methyl sites for hydroxylation is 1. The molecule has 1 aromatic carbocycles. The van der Waals surface area contributed by atoms with Crippen molar-refractivity contribution in [1.82, 2.24) is 9.47 Å². The van der Waals surface area contributed by atoms with E-state index < -0.39 is 0 Å². The summed E-state index contributed by atoms with van der Waals surface area (Å²) in [7, 11) is 0. The van der Waals surface area contributed by atoms with E-state index in [-0.39, 0.29) is 0 Å². The second kappa shape index (κ2) is 6.04. The van der Waals surface area contributed by atoms with Crippen LogP contribution in [0.3, 0.4) is 0 Å². The highest BCUT2D eigenvalue weighted by atomic mass is 35.5. The molecule has 20 heavy (non-hydrogen) atoms. The maximum absolute atomic E-state index is 6.09. The Morgan fingerprint density at radius 2 is 2.00 bits per heavy atom. The van der Waals surface area contributed by atoms with Crippen molar-refractivity contribution in [3.05, 3.63) is 29.4 Å². The van der Waals surface area contributed by atoms with Crippen molar-refractivity contribution in [3.63, 3.8) is 0 Å². The predicted molar refractivity (Wildman–Crippen MR) is 83.2 cm³/mol. The van der Waals surface area contributed by atoms with Crippen LogP contribution in [0, 0.1) is 0 Å². The summed E-state index contributed by atoms with van der Waals surface area (Å²) in [6, 6.07) is 5.86. The maximum atomic E-state index is 6.09. The lowest BCUT2D eigenvalue weighted by atomic mass is 10.2. The fraction of sp³-hybridized carbons (Fsp3) is 0.467. The van der Waals surface area contributed by atoms with Crippen molar-refractivity contribution >= 4 is 28.2 Å². The van der Waals surface area contributed by atoms with Crippen LogP contribution in [0.1, 0.15) is 6.42 Å². The van der Waals surface area contributed by atoms with Gasteiger partial charge in [-0.3, -0.25) is 4.90 Å². The van der Waals surface area contributed by atoms with Crippen LogP contribution in [-0.2, 0) is 11.3 Å². The van der Waals surface area contributed by atoms with Gasteiger partial charge in [0.25, 0.3) is 0 Å². The lowest BCUT2D eigenvalue weighted by Crippen LogP contribution is -2.37. The zero-order valence-electron chi connectivity index (χ0n) is 11.5. The number of hydrogen-bond acceptors (Lipinski definition) is 3. The van der Waals surface area contributed by atoms with E-state index >= 15 is 0 Å². The number of benzene rings is 1. The third-order valence-electron chi connectivity index (χ3n) is 3.86. The lowest BCUT2D eigenvalue weighted by molar-refractivity contribution is 0.0370. The van der Waals surface area contributed by atoms with E-state index in [1.54, 1.807) is 0 Å². The molecule has 108 valence electrons. The first-order valence-corrected chi connectivity index (χ1v) is 7.46. The van der Waals surface area contributed by atoms with Gasteiger partial charge in [-0.25, -0.2) is 0 Å². The van der Waals surface area contributed by atoms with Crippen LogP contribution in [0.15, 0.2) is 24.4 Å². The Bertz CT molecular complexity index is 590. The maximum Gasteiger partial charge on any atom is 0.0594 e. The molecule has 0 aliphatic carbocycles. The number of rotatable bonds is 4. The number of ether oxygens (including phenoxy) is 1. The first-order valence-electron chi connectivity index (χ1n) is 7.08. The monoisotopic (exact) mass is 293 g/mol. The van der Waals surface area contributed by atoms with Gasteiger partial charge < -0.3 is 15.0 Å². The summed E-state index contributed by atoms with van der Waals surface area (Å²) < 4.78 is 7.59. The van der Waals surface area contributed by atoms with Crippen LogP contribution < -0.4 is 5.73 Å². The number of morpholine rings is 1. The van der Waals surface area contributed by atoms with Crippen LogP contribution >= 0.6 is 11.6 Å². The van der Waals surface area contributed by atoms with E-state index in [0.29, 0.717) is 5.02 Å². The molecule has 0 bridgehead atoms. The van der Waals surface area contributed by atoms with Gasteiger partial charge in [0.2, 0.25) is 0 Å². The molecule has 0 saturated carbocycles. The summed E-state index contributed by atoms with van der Waals surface area (Å²) in [5.41, 5.74) is 7.87. The number of nitrogen functional groups attached to an aromatic ring is 1. The number of nitrogens with two attached hydrogens (primary N) is 1. The van der Waals surface area contributed by atoms with Crippen molar-refractivity contribution in [3.8, 4) is 0 Å². The smallest absolute Gasteiger partial charge is 0.0594 e. The molecule has 1 aliphatic rings. The first-order chi connectivity index (χ1) is 9.74. The minimum atomic E-state index is 0.697. The lowest BCUT2D eigenvalue weighted by Gasteiger charge is -2.26. The normalized spacial score (nSPS) is 16.9. The van der Waals surface area contributed by atoms with E-state index in [4.69, 9.17) is 22.1 Å². The minimum absolute atomic E-state index is 0.697. The third kappa shape index (κ3) is 2.92. The molecule has 0 radical (unpaired) electrons. The Morgan fingerprint density at radius 3 is 2.80 bits per heavy atom. The Morgan fingerprint density at radius 1 is 1.20 bits per heavy atom. The second-order valence-corrected chi connectivity index (χ2v) is 5.68. The first kappa shape index (κ1) is 13.7. The van der Waals surface area contributed by atoms with Gasteiger partial charge in [0, 0.05) is 48.5 Å². The molecule has 2 N–H and O–H groups in total. The molecule has 4 nitrogen and oxygen atoms in total. The Labute approximate surface area is 124 Å². The molecule has 1 aliphatic heterocycles. The molecule has 1 fully saturated rings. The number of nitrogens with zero attached hydrogens (tertiary/aromatic N) is 2.